The van der Waals surface area contributed by atoms with Gasteiger partial charge in [-0.25, -0.2) is 0 Å². The predicted octanol–water partition coefficient (Wildman–Crippen LogP) is 2.20. The van der Waals surface area contributed by atoms with Gasteiger partial charge in [-0.3, -0.25) is 4.79 Å². The summed E-state index contributed by atoms with van der Waals surface area (Å²) in [5.41, 5.74) is 0.856. The van der Waals surface area contributed by atoms with Gasteiger partial charge in [-0.2, -0.15) is 0 Å². The van der Waals surface area contributed by atoms with Crippen LogP contribution in [0.1, 0.15) is 25.3 Å². The average Bonchev–Trinajstić information content (AvgIpc) is 3.17. The minimum absolute atomic E-state index is 0.159. The van der Waals surface area contributed by atoms with E-state index in [0.29, 0.717) is 12.6 Å². The fraction of sp³-hybridized carbons (Fsp3) is 0.500. The molecule has 1 saturated carbocycles. The van der Waals surface area contributed by atoms with Crippen LogP contribution in [0.3, 0.4) is 0 Å². The van der Waals surface area contributed by atoms with Crippen LogP contribution in [0, 0.1) is 0 Å². The number of likely N-dealkylation sites (N-methyl/N-ethyl adjacent to an activating group) is 1. The molecule has 1 aromatic carbocycles. The van der Waals surface area contributed by atoms with Crippen LogP contribution in [0.5, 0.6) is 0 Å². The van der Waals surface area contributed by atoms with E-state index < -0.39 is 0 Å². The summed E-state index contributed by atoms with van der Waals surface area (Å²) in [5.74, 6) is 0.159. The molecule has 1 atom stereocenters. The van der Waals surface area contributed by atoms with Crippen LogP contribution in [-0.2, 0) is 10.2 Å². The number of benzene rings is 1. The Balaban J connectivity index is 2.03. The van der Waals surface area contributed by atoms with E-state index in [1.807, 2.05) is 31.3 Å². The predicted molar refractivity (Wildman–Crippen MR) is 76.6 cm³/mol. The van der Waals surface area contributed by atoms with Gasteiger partial charge in [-0.05, 0) is 44.5 Å². The third-order valence-electron chi connectivity index (χ3n) is 3.64. The lowest BCUT2D eigenvalue weighted by Crippen LogP contribution is -2.41. The first-order chi connectivity index (χ1) is 8.58. The number of halogens is 1. The van der Waals surface area contributed by atoms with Crippen molar-refractivity contribution in [2.24, 2.45) is 0 Å². The minimum atomic E-state index is -0.270. The zero-order valence-electron chi connectivity index (χ0n) is 10.8. The Hall–Kier alpha value is -0.870. The standard InChI is InChI=1S/C14H19BrN2O/c1-10(16-2)9-17-13(18)14(7-8-14)11-3-5-12(15)6-4-11/h3-6,10,16H,7-9H2,1-2H3,(H,17,18). The first-order valence-corrected chi connectivity index (χ1v) is 7.09. The summed E-state index contributed by atoms with van der Waals surface area (Å²) in [6.45, 7) is 2.73. The highest BCUT2D eigenvalue weighted by atomic mass is 79.9. The molecule has 1 aliphatic carbocycles. The van der Waals surface area contributed by atoms with E-state index in [-0.39, 0.29) is 11.3 Å². The second-order valence-electron chi connectivity index (χ2n) is 4.99. The average molecular weight is 311 g/mol. The number of rotatable bonds is 5. The van der Waals surface area contributed by atoms with Crippen molar-refractivity contribution in [1.82, 2.24) is 10.6 Å². The van der Waals surface area contributed by atoms with E-state index in [0.717, 1.165) is 22.9 Å². The molecule has 2 rings (SSSR count). The van der Waals surface area contributed by atoms with Gasteiger partial charge in [0.15, 0.2) is 0 Å². The van der Waals surface area contributed by atoms with Crippen molar-refractivity contribution in [3.05, 3.63) is 34.3 Å². The van der Waals surface area contributed by atoms with E-state index in [1.54, 1.807) is 0 Å². The highest BCUT2D eigenvalue weighted by molar-refractivity contribution is 9.10. The van der Waals surface area contributed by atoms with Gasteiger partial charge < -0.3 is 10.6 Å². The maximum absolute atomic E-state index is 12.3. The molecule has 2 N–H and O–H groups in total. The summed E-state index contributed by atoms with van der Waals surface area (Å²) >= 11 is 3.42. The maximum atomic E-state index is 12.3. The molecule has 0 spiro atoms. The Morgan fingerprint density at radius 1 is 1.39 bits per heavy atom. The summed E-state index contributed by atoms with van der Waals surface area (Å²) < 4.78 is 1.05. The Morgan fingerprint density at radius 2 is 2.00 bits per heavy atom. The van der Waals surface area contributed by atoms with Gasteiger partial charge in [0.05, 0.1) is 5.41 Å². The monoisotopic (exact) mass is 310 g/mol. The number of carbonyl (C=O) groups excluding carboxylic acids is 1. The van der Waals surface area contributed by atoms with Crippen LogP contribution in [-0.4, -0.2) is 25.5 Å². The van der Waals surface area contributed by atoms with E-state index in [4.69, 9.17) is 0 Å². The molecular formula is C14H19BrN2O. The molecule has 3 nitrogen and oxygen atoms in total. The Morgan fingerprint density at radius 3 is 2.50 bits per heavy atom. The summed E-state index contributed by atoms with van der Waals surface area (Å²) in [7, 11) is 1.90. The topological polar surface area (TPSA) is 41.1 Å². The van der Waals surface area contributed by atoms with Crippen LogP contribution in [0.15, 0.2) is 28.7 Å². The lowest BCUT2D eigenvalue weighted by atomic mass is 9.95. The lowest BCUT2D eigenvalue weighted by Gasteiger charge is -2.18. The van der Waals surface area contributed by atoms with E-state index in [2.05, 4.69) is 33.5 Å². The molecule has 0 aliphatic heterocycles. The molecule has 1 fully saturated rings. The fourth-order valence-electron chi connectivity index (χ4n) is 2.06. The Labute approximate surface area is 116 Å². The molecule has 98 valence electrons. The van der Waals surface area contributed by atoms with Gasteiger partial charge in [0.2, 0.25) is 5.91 Å². The van der Waals surface area contributed by atoms with Crippen molar-refractivity contribution in [3.63, 3.8) is 0 Å². The summed E-state index contributed by atoms with van der Waals surface area (Å²) in [6.07, 6.45) is 1.91. The zero-order chi connectivity index (χ0) is 13.2. The zero-order valence-corrected chi connectivity index (χ0v) is 12.4. The van der Waals surface area contributed by atoms with Gasteiger partial charge in [0, 0.05) is 17.1 Å². The van der Waals surface area contributed by atoms with Crippen molar-refractivity contribution in [1.29, 1.82) is 0 Å². The maximum Gasteiger partial charge on any atom is 0.230 e. The van der Waals surface area contributed by atoms with Crippen LogP contribution in [0.4, 0.5) is 0 Å². The van der Waals surface area contributed by atoms with Gasteiger partial charge in [-0.1, -0.05) is 28.1 Å². The van der Waals surface area contributed by atoms with Crippen molar-refractivity contribution in [2.45, 2.75) is 31.2 Å². The summed E-state index contributed by atoms with van der Waals surface area (Å²) in [4.78, 5) is 12.3. The summed E-state index contributed by atoms with van der Waals surface area (Å²) in [5, 5.41) is 6.15. The van der Waals surface area contributed by atoms with Crippen LogP contribution in [0.2, 0.25) is 0 Å². The van der Waals surface area contributed by atoms with Crippen molar-refractivity contribution < 1.29 is 4.79 Å². The normalized spacial score (nSPS) is 18.2. The number of amides is 1. The lowest BCUT2D eigenvalue weighted by molar-refractivity contribution is -0.123. The second kappa shape index (κ2) is 5.41. The van der Waals surface area contributed by atoms with Crippen molar-refractivity contribution >= 4 is 21.8 Å². The van der Waals surface area contributed by atoms with Crippen LogP contribution < -0.4 is 10.6 Å². The molecule has 4 heteroatoms. The first-order valence-electron chi connectivity index (χ1n) is 6.30. The minimum Gasteiger partial charge on any atom is -0.354 e. The van der Waals surface area contributed by atoms with E-state index in [1.165, 1.54) is 0 Å². The van der Waals surface area contributed by atoms with Gasteiger partial charge >= 0.3 is 0 Å². The van der Waals surface area contributed by atoms with Crippen molar-refractivity contribution in [2.75, 3.05) is 13.6 Å². The SMILES string of the molecule is CNC(C)CNC(=O)C1(c2ccc(Br)cc2)CC1. The van der Waals surface area contributed by atoms with Crippen molar-refractivity contribution in [3.8, 4) is 0 Å². The molecule has 0 radical (unpaired) electrons. The number of hydrogen-bond acceptors (Lipinski definition) is 2. The Bertz CT molecular complexity index is 426. The fourth-order valence-corrected chi connectivity index (χ4v) is 2.32. The van der Waals surface area contributed by atoms with Gasteiger partial charge in [0.1, 0.15) is 0 Å². The third-order valence-corrected chi connectivity index (χ3v) is 4.17. The molecule has 1 amide bonds. The molecule has 1 unspecified atom stereocenters. The number of nitrogens with one attached hydrogen (secondary N) is 2. The quantitative estimate of drug-likeness (QED) is 0.875. The molecule has 1 aliphatic rings. The smallest absolute Gasteiger partial charge is 0.230 e. The highest BCUT2D eigenvalue weighted by Crippen LogP contribution is 2.48. The largest absolute Gasteiger partial charge is 0.354 e. The van der Waals surface area contributed by atoms with Gasteiger partial charge in [0.25, 0.3) is 0 Å². The Kier molecular flexibility index (Phi) is 4.07. The molecule has 0 heterocycles. The second-order valence-corrected chi connectivity index (χ2v) is 5.90. The van der Waals surface area contributed by atoms with E-state index in [9.17, 15) is 4.79 Å². The van der Waals surface area contributed by atoms with E-state index >= 15 is 0 Å². The van der Waals surface area contributed by atoms with Crippen LogP contribution >= 0.6 is 15.9 Å². The molecule has 0 bridgehead atoms. The molecular weight excluding hydrogens is 292 g/mol. The number of hydrogen-bond donors (Lipinski definition) is 2. The molecule has 0 saturated heterocycles. The third kappa shape index (κ3) is 2.75. The summed E-state index contributed by atoms with van der Waals surface area (Å²) in [6, 6.07) is 8.38. The molecule has 18 heavy (non-hydrogen) atoms. The van der Waals surface area contributed by atoms with Gasteiger partial charge in [-0.15, -0.1) is 0 Å². The van der Waals surface area contributed by atoms with Crippen LogP contribution in [0.25, 0.3) is 0 Å². The molecule has 1 aromatic rings. The first kappa shape index (κ1) is 13.6. The number of carbonyl (C=O) groups is 1. The molecule has 0 aromatic heterocycles. The highest BCUT2D eigenvalue weighted by Gasteiger charge is 2.51.